The van der Waals surface area contributed by atoms with Crippen molar-refractivity contribution in [1.82, 2.24) is 20.5 Å². The molecule has 9 heteroatoms. The van der Waals surface area contributed by atoms with Crippen molar-refractivity contribution in [3.05, 3.63) is 63.3 Å². The highest BCUT2D eigenvalue weighted by molar-refractivity contribution is 7.99. The van der Waals surface area contributed by atoms with Crippen LogP contribution in [0, 0.1) is 0 Å². The van der Waals surface area contributed by atoms with Crippen molar-refractivity contribution in [3.8, 4) is 5.75 Å². The van der Waals surface area contributed by atoms with E-state index in [2.05, 4.69) is 44.8 Å². The van der Waals surface area contributed by atoms with Gasteiger partial charge in [0.05, 0.1) is 4.70 Å². The lowest BCUT2D eigenvalue weighted by Gasteiger charge is -2.25. The second-order valence-corrected chi connectivity index (χ2v) is 11.5. The molecule has 0 aliphatic carbocycles. The number of hydrogen-bond acceptors (Lipinski definition) is 7. The molecule has 0 radical (unpaired) electrons. The van der Waals surface area contributed by atoms with Crippen LogP contribution in [0.5, 0.6) is 5.75 Å². The van der Waals surface area contributed by atoms with Crippen LogP contribution in [-0.4, -0.2) is 71.2 Å². The number of rotatable bonds is 13. The van der Waals surface area contributed by atoms with Gasteiger partial charge in [-0.25, -0.2) is 0 Å². The molecular formula is C27H36N4O3S2. The molecule has 36 heavy (non-hydrogen) atoms. The largest absolute Gasteiger partial charge is 0.506 e. The molecule has 1 aliphatic heterocycles. The minimum Gasteiger partial charge on any atom is -0.506 e. The Hall–Kier alpha value is -2.33. The first kappa shape index (κ1) is 26.7. The van der Waals surface area contributed by atoms with E-state index in [-0.39, 0.29) is 16.5 Å². The highest BCUT2D eigenvalue weighted by atomic mass is 32.2. The Labute approximate surface area is 220 Å². The monoisotopic (exact) mass is 528 g/mol. The van der Waals surface area contributed by atoms with E-state index in [0.717, 1.165) is 91.5 Å². The van der Waals surface area contributed by atoms with Gasteiger partial charge >= 0.3 is 4.87 Å². The van der Waals surface area contributed by atoms with Crippen LogP contribution in [0.3, 0.4) is 0 Å². The number of aromatic hydroxyl groups is 1. The zero-order valence-electron chi connectivity index (χ0n) is 20.6. The van der Waals surface area contributed by atoms with Gasteiger partial charge in [-0.3, -0.25) is 9.59 Å². The van der Waals surface area contributed by atoms with Crippen molar-refractivity contribution < 1.29 is 9.90 Å². The third kappa shape index (κ3) is 8.09. The van der Waals surface area contributed by atoms with Gasteiger partial charge in [0.15, 0.2) is 0 Å². The van der Waals surface area contributed by atoms with E-state index < -0.39 is 0 Å². The summed E-state index contributed by atoms with van der Waals surface area (Å²) in [5.41, 5.74) is 2.89. The number of phenolic OH excluding ortho intramolecular Hbond substituents is 1. The van der Waals surface area contributed by atoms with Crippen LogP contribution < -0.4 is 15.5 Å². The van der Waals surface area contributed by atoms with Crippen LogP contribution in [0.4, 0.5) is 0 Å². The van der Waals surface area contributed by atoms with Gasteiger partial charge in [-0.15, -0.1) is 0 Å². The van der Waals surface area contributed by atoms with E-state index in [0.29, 0.717) is 18.0 Å². The van der Waals surface area contributed by atoms with Crippen molar-refractivity contribution in [2.24, 2.45) is 0 Å². The number of amides is 1. The van der Waals surface area contributed by atoms with Crippen molar-refractivity contribution in [2.45, 2.75) is 38.1 Å². The van der Waals surface area contributed by atoms with Crippen LogP contribution in [0.2, 0.25) is 0 Å². The maximum Gasteiger partial charge on any atom is 0.305 e. The Morgan fingerprint density at radius 3 is 2.64 bits per heavy atom. The fraction of sp³-hybridized carbons (Fsp3) is 0.481. The van der Waals surface area contributed by atoms with E-state index >= 15 is 0 Å². The summed E-state index contributed by atoms with van der Waals surface area (Å²) < 4.78 is 0.828. The molecule has 1 amide bonds. The molecule has 0 saturated carbocycles. The minimum absolute atomic E-state index is 0.112. The molecule has 1 fully saturated rings. The molecule has 7 nitrogen and oxygen atoms in total. The number of fused-ring (bicyclic) bond motifs is 1. The predicted octanol–water partition coefficient (Wildman–Crippen LogP) is 3.37. The van der Waals surface area contributed by atoms with E-state index in [9.17, 15) is 14.7 Å². The van der Waals surface area contributed by atoms with Gasteiger partial charge in [0.1, 0.15) is 11.3 Å². The van der Waals surface area contributed by atoms with Crippen LogP contribution in [-0.2, 0) is 17.6 Å². The number of thioether (sulfide) groups is 1. The lowest BCUT2D eigenvalue weighted by Crippen LogP contribution is -2.40. The molecule has 2 heterocycles. The van der Waals surface area contributed by atoms with Crippen LogP contribution in [0.15, 0.2) is 47.3 Å². The number of nitrogens with one attached hydrogen (secondary N) is 3. The summed E-state index contributed by atoms with van der Waals surface area (Å²) >= 11 is 3.11. The smallest absolute Gasteiger partial charge is 0.305 e. The molecule has 4 N–H and O–H groups in total. The predicted molar refractivity (Wildman–Crippen MR) is 150 cm³/mol. The average Bonchev–Trinajstić information content (AvgIpc) is 3.30. The second kappa shape index (κ2) is 13.8. The number of nitrogens with zero attached hydrogens (tertiary/aromatic N) is 1. The Morgan fingerprint density at radius 1 is 1.03 bits per heavy atom. The van der Waals surface area contributed by atoms with Crippen molar-refractivity contribution in [3.63, 3.8) is 0 Å². The van der Waals surface area contributed by atoms with E-state index in [1.807, 2.05) is 23.9 Å². The summed E-state index contributed by atoms with van der Waals surface area (Å²) in [6, 6.07) is 14.3. The van der Waals surface area contributed by atoms with E-state index in [1.165, 1.54) is 5.56 Å². The molecule has 0 unspecified atom stereocenters. The van der Waals surface area contributed by atoms with Crippen molar-refractivity contribution in [1.29, 1.82) is 0 Å². The normalized spacial score (nSPS) is 14.5. The Balaban J connectivity index is 1.24. The molecular weight excluding hydrogens is 492 g/mol. The maximum absolute atomic E-state index is 12.6. The quantitative estimate of drug-likeness (QED) is 0.254. The average molecular weight is 529 g/mol. The number of carbonyl (C=O) groups excluding carboxylic acids is 1. The van der Waals surface area contributed by atoms with Gasteiger partial charge < -0.3 is 25.6 Å². The first-order valence-electron chi connectivity index (χ1n) is 12.8. The number of thiazole rings is 1. The van der Waals surface area contributed by atoms with Crippen molar-refractivity contribution >= 4 is 39.2 Å². The Kier molecular flexibility index (Phi) is 10.3. The number of phenols is 1. The molecule has 1 aliphatic rings. The molecule has 0 spiro atoms. The number of H-pyrrole nitrogens is 1. The zero-order chi connectivity index (χ0) is 25.2. The molecule has 194 valence electrons. The number of benzene rings is 2. The zero-order valence-corrected chi connectivity index (χ0v) is 22.3. The SMILES string of the molecule is O=C(CCN(CCNCCc1ccc(O)c2[nH]c(=O)sc12)CCc1ccccc1)NC1CCSCC1. The standard InChI is InChI=1S/C27H36N4O3S2/c32-23-7-6-21(26-25(23)30-27(34)36-26)8-13-28-14-17-31(15-9-20-4-2-1-3-5-20)16-10-24(33)29-22-11-18-35-19-12-22/h1-7,22,28,32H,8-19H2,(H,29,33)(H,30,34). The first-order valence-corrected chi connectivity index (χ1v) is 14.7. The second-order valence-electron chi connectivity index (χ2n) is 9.24. The first-order chi connectivity index (χ1) is 17.6. The number of aromatic nitrogens is 1. The van der Waals surface area contributed by atoms with Gasteiger partial charge in [-0.05, 0) is 60.9 Å². The van der Waals surface area contributed by atoms with E-state index in [1.54, 1.807) is 6.07 Å². The highest BCUT2D eigenvalue weighted by Gasteiger charge is 2.17. The van der Waals surface area contributed by atoms with Crippen molar-refractivity contribution in [2.75, 3.05) is 44.2 Å². The molecule has 1 saturated heterocycles. The summed E-state index contributed by atoms with van der Waals surface area (Å²) in [6.45, 7) is 4.12. The number of aromatic amines is 1. The topological polar surface area (TPSA) is 97.5 Å². The van der Waals surface area contributed by atoms with Gasteiger partial charge in [-0.2, -0.15) is 11.8 Å². The Morgan fingerprint density at radius 2 is 1.83 bits per heavy atom. The maximum atomic E-state index is 12.6. The highest BCUT2D eigenvalue weighted by Crippen LogP contribution is 2.27. The summed E-state index contributed by atoms with van der Waals surface area (Å²) in [4.78, 5) is 29.2. The minimum atomic E-state index is -0.152. The molecule has 1 aromatic heterocycles. The fourth-order valence-corrected chi connectivity index (χ4v) is 6.53. The molecule has 0 bridgehead atoms. The van der Waals surface area contributed by atoms with Crippen LogP contribution in [0.25, 0.3) is 10.2 Å². The number of carbonyl (C=O) groups is 1. The van der Waals surface area contributed by atoms with Gasteiger partial charge in [0.25, 0.3) is 0 Å². The van der Waals surface area contributed by atoms with Crippen LogP contribution >= 0.6 is 23.1 Å². The summed E-state index contributed by atoms with van der Waals surface area (Å²) in [7, 11) is 0. The lowest BCUT2D eigenvalue weighted by molar-refractivity contribution is -0.122. The number of hydrogen-bond donors (Lipinski definition) is 4. The summed E-state index contributed by atoms with van der Waals surface area (Å²) in [5.74, 6) is 2.54. The fourth-order valence-electron chi connectivity index (χ4n) is 4.52. The summed E-state index contributed by atoms with van der Waals surface area (Å²) in [5, 5.41) is 16.7. The van der Waals surface area contributed by atoms with Crippen LogP contribution in [0.1, 0.15) is 30.4 Å². The van der Waals surface area contributed by atoms with Gasteiger partial charge in [-0.1, -0.05) is 47.7 Å². The molecule has 0 atom stereocenters. The molecule has 2 aromatic carbocycles. The third-order valence-electron chi connectivity index (χ3n) is 6.62. The Bertz CT molecular complexity index is 1160. The molecule has 4 rings (SSSR count). The third-order valence-corrected chi connectivity index (χ3v) is 8.62. The van der Waals surface area contributed by atoms with Gasteiger partial charge in [0, 0.05) is 38.6 Å². The lowest BCUT2D eigenvalue weighted by atomic mass is 10.1. The van der Waals surface area contributed by atoms with E-state index in [4.69, 9.17) is 0 Å². The van der Waals surface area contributed by atoms with Gasteiger partial charge in [0.2, 0.25) is 5.91 Å². The summed E-state index contributed by atoms with van der Waals surface area (Å²) in [6.07, 6.45) is 4.41. The molecule has 3 aromatic rings.